The van der Waals surface area contributed by atoms with Crippen LogP contribution in [0.15, 0.2) is 91.8 Å². The van der Waals surface area contributed by atoms with E-state index in [9.17, 15) is 0 Å². The summed E-state index contributed by atoms with van der Waals surface area (Å²) >= 11 is 0. The van der Waals surface area contributed by atoms with Crippen LogP contribution in [0.3, 0.4) is 0 Å². The summed E-state index contributed by atoms with van der Waals surface area (Å²) in [6.45, 7) is 6.60. The Kier molecular flexibility index (Phi) is 4.80. The van der Waals surface area contributed by atoms with E-state index in [0.29, 0.717) is 0 Å². The zero-order chi connectivity index (χ0) is 24.1. The molecule has 6 nitrogen and oxygen atoms in total. The van der Waals surface area contributed by atoms with Crippen LogP contribution >= 0.6 is 0 Å². The fourth-order valence-electron chi connectivity index (χ4n) is 6.42. The van der Waals surface area contributed by atoms with E-state index in [4.69, 9.17) is 0 Å². The average Bonchev–Trinajstić information content (AvgIpc) is 3.68. The first-order chi connectivity index (χ1) is 18.3. The summed E-state index contributed by atoms with van der Waals surface area (Å²) in [5.74, 6) is -0.0288. The Labute approximate surface area is 236 Å². The Hall–Kier alpha value is -3.67. The van der Waals surface area contributed by atoms with Gasteiger partial charge in [-0.05, 0) is 43.1 Å². The van der Waals surface area contributed by atoms with Crippen molar-refractivity contribution in [1.29, 1.82) is 0 Å². The second kappa shape index (κ2) is 8.16. The first-order valence-corrected chi connectivity index (χ1v) is 12.6. The maximum Gasteiger partial charge on any atom is 0.0517 e. The van der Waals surface area contributed by atoms with Gasteiger partial charge in [0.05, 0.1) is 18.5 Å². The standard InChI is InChI=1S/C31H22N6.Ir/c1-4-22-16-25(7-1)29-32-10-12-34(19-32)30-26-8-2-5-23(17-26)28(22)24-6-3-9-27(18-24)31(35-13-11-33(29)20-35)37-15-14-36(30)21-37;/h1-15,19-21,28-31H;/q-6;. The summed E-state index contributed by atoms with van der Waals surface area (Å²) in [7, 11) is 0. The first-order valence-electron chi connectivity index (χ1n) is 12.6. The molecule has 3 aromatic rings. The van der Waals surface area contributed by atoms with Crippen molar-refractivity contribution in [2.24, 2.45) is 0 Å². The van der Waals surface area contributed by atoms with Crippen LogP contribution in [-0.2, 0) is 20.1 Å². The normalized spacial score (nSPS) is 26.8. The van der Waals surface area contributed by atoms with Gasteiger partial charge in [0.1, 0.15) is 0 Å². The zero-order valence-electron chi connectivity index (χ0n) is 20.2. The minimum absolute atomic E-state index is 0. The third-order valence-corrected chi connectivity index (χ3v) is 8.02. The second-order valence-electron chi connectivity index (χ2n) is 10.2. The van der Waals surface area contributed by atoms with E-state index in [-0.39, 0.29) is 44.5 Å². The van der Waals surface area contributed by atoms with E-state index in [1.807, 2.05) is 0 Å². The van der Waals surface area contributed by atoms with Crippen LogP contribution in [0.1, 0.15) is 57.8 Å². The summed E-state index contributed by atoms with van der Waals surface area (Å²) in [6, 6.07) is 31.1. The Bertz CT molecular complexity index is 1300. The predicted octanol–water partition coefficient (Wildman–Crippen LogP) is 4.93. The van der Waals surface area contributed by atoms with Gasteiger partial charge >= 0.3 is 0 Å². The molecule has 38 heavy (non-hydrogen) atoms. The summed E-state index contributed by atoms with van der Waals surface area (Å²) in [5.41, 5.74) is 6.72. The smallest absolute Gasteiger partial charge is 0.0517 e. The van der Waals surface area contributed by atoms with Crippen LogP contribution in [-0.4, -0.2) is 29.4 Å². The SMILES string of the molecule is [Ir].[c-]1c2cccc1C1N3C=CN([CH-]3)C3c4[c-]c(ccc4)C2c2[c-]c(ccc2)C(N2C=CN1[CH-]2)N1C=CN3[CH-]1. The van der Waals surface area contributed by atoms with E-state index in [1.165, 1.54) is 0 Å². The van der Waals surface area contributed by atoms with E-state index >= 15 is 0 Å². The first kappa shape index (κ1) is 22.3. The molecular weight excluding hydrogens is 649 g/mol. The van der Waals surface area contributed by atoms with Crippen LogP contribution in [0.4, 0.5) is 0 Å². The Morgan fingerprint density at radius 2 is 0.684 bits per heavy atom. The molecule has 7 aliphatic rings. The van der Waals surface area contributed by atoms with E-state index < -0.39 is 0 Å². The van der Waals surface area contributed by atoms with Crippen molar-refractivity contribution < 1.29 is 20.1 Å². The van der Waals surface area contributed by atoms with Gasteiger partial charge in [-0.15, -0.1) is 16.7 Å². The van der Waals surface area contributed by atoms with Gasteiger partial charge in [0.2, 0.25) is 0 Å². The van der Waals surface area contributed by atoms with Crippen LogP contribution < -0.4 is 0 Å². The molecule has 16 bridgehead atoms. The van der Waals surface area contributed by atoms with Crippen LogP contribution in [0, 0.1) is 38.2 Å². The van der Waals surface area contributed by atoms with Crippen molar-refractivity contribution in [3.05, 3.63) is 163 Å². The summed E-state index contributed by atoms with van der Waals surface area (Å²) < 4.78 is 0. The molecule has 191 valence electrons. The maximum absolute atomic E-state index is 3.84. The van der Waals surface area contributed by atoms with Gasteiger partial charge in [0, 0.05) is 20.1 Å². The molecule has 7 heteroatoms. The van der Waals surface area contributed by atoms with Crippen molar-refractivity contribution in [3.8, 4) is 0 Å². The number of nitrogens with zero attached hydrogens (tertiary/aromatic N) is 6. The van der Waals surface area contributed by atoms with Crippen LogP contribution in [0.25, 0.3) is 0 Å². The third-order valence-electron chi connectivity index (χ3n) is 8.02. The molecule has 0 N–H and O–H groups in total. The molecule has 0 amide bonds. The molecule has 7 heterocycles. The zero-order valence-corrected chi connectivity index (χ0v) is 22.6. The summed E-state index contributed by atoms with van der Waals surface area (Å²) in [6.07, 6.45) is 12.8. The molecule has 3 aromatic carbocycles. The molecule has 10 rings (SSSR count). The van der Waals surface area contributed by atoms with E-state index in [2.05, 4.69) is 159 Å². The predicted molar refractivity (Wildman–Crippen MR) is 136 cm³/mol. The van der Waals surface area contributed by atoms with Crippen LogP contribution in [0.5, 0.6) is 0 Å². The van der Waals surface area contributed by atoms with Gasteiger partial charge in [-0.3, -0.25) is 0 Å². The minimum Gasteiger partial charge on any atom is -0.490 e. The molecule has 1 fully saturated rings. The monoisotopic (exact) mass is 671 g/mol. The van der Waals surface area contributed by atoms with Gasteiger partial charge < -0.3 is 29.4 Å². The van der Waals surface area contributed by atoms with Crippen molar-refractivity contribution in [1.82, 2.24) is 29.4 Å². The Morgan fingerprint density at radius 1 is 0.421 bits per heavy atom. The molecule has 0 atom stereocenters. The Morgan fingerprint density at radius 3 is 0.974 bits per heavy atom. The summed E-state index contributed by atoms with van der Waals surface area (Å²) in [5, 5.41) is 0. The largest absolute Gasteiger partial charge is 0.490 e. The maximum atomic E-state index is 3.84. The van der Waals surface area contributed by atoms with Gasteiger partial charge in [0.15, 0.2) is 0 Å². The van der Waals surface area contributed by atoms with Crippen molar-refractivity contribution in [2.45, 2.75) is 24.4 Å². The molecular formula is C31H22IrN6-6. The molecule has 0 spiro atoms. The van der Waals surface area contributed by atoms with Crippen LogP contribution in [0.2, 0.25) is 0 Å². The number of hydrogen-bond acceptors (Lipinski definition) is 6. The fraction of sp³-hybridized carbons (Fsp3) is 0.129. The van der Waals surface area contributed by atoms with E-state index in [0.717, 1.165) is 33.4 Å². The third kappa shape index (κ3) is 3.09. The number of hydrogen-bond donors (Lipinski definition) is 0. The van der Waals surface area contributed by atoms with Gasteiger partial charge in [0.25, 0.3) is 0 Å². The minimum atomic E-state index is -0.0769. The second-order valence-corrected chi connectivity index (χ2v) is 10.2. The fourth-order valence-corrected chi connectivity index (χ4v) is 6.42. The molecule has 0 aromatic heterocycles. The van der Waals surface area contributed by atoms with Gasteiger partial charge in [-0.1, -0.05) is 0 Å². The number of benzene rings is 3. The molecule has 0 unspecified atom stereocenters. The topological polar surface area (TPSA) is 19.4 Å². The van der Waals surface area contributed by atoms with Crippen molar-refractivity contribution in [2.75, 3.05) is 0 Å². The molecule has 0 saturated carbocycles. The Balaban J connectivity index is 0.00000225. The van der Waals surface area contributed by atoms with Gasteiger partial charge in [-0.25, -0.2) is 0 Å². The summed E-state index contributed by atoms with van der Waals surface area (Å²) in [4.78, 5) is 13.7. The quantitative estimate of drug-likeness (QED) is 0.314. The average molecular weight is 671 g/mol. The van der Waals surface area contributed by atoms with E-state index in [1.54, 1.807) is 0 Å². The molecule has 7 aliphatic heterocycles. The molecule has 1 saturated heterocycles. The van der Waals surface area contributed by atoms with Crippen molar-refractivity contribution >= 4 is 0 Å². The number of rotatable bonds is 0. The van der Waals surface area contributed by atoms with Gasteiger partial charge in [-0.2, -0.15) is 109 Å². The molecule has 0 aliphatic carbocycles. The molecule has 1 radical (unpaired) electrons. The van der Waals surface area contributed by atoms with Crippen molar-refractivity contribution in [3.63, 3.8) is 0 Å².